The maximum absolute atomic E-state index is 11.4. The average Bonchev–Trinajstić information content (AvgIpc) is 2.22. The number of nitrogens with one attached hydrogen (secondary N) is 2. The summed E-state index contributed by atoms with van der Waals surface area (Å²) in [5.41, 5.74) is -0.553. The first-order valence-electron chi connectivity index (χ1n) is 5.88. The molecule has 0 radical (unpaired) electrons. The van der Waals surface area contributed by atoms with Crippen LogP contribution in [0.15, 0.2) is 0 Å². The Hall–Kier alpha value is -1.59. The van der Waals surface area contributed by atoms with Gasteiger partial charge in [-0.3, -0.25) is 14.4 Å². The molecule has 0 heterocycles. The van der Waals surface area contributed by atoms with Crippen LogP contribution in [0.3, 0.4) is 0 Å². The van der Waals surface area contributed by atoms with E-state index in [1.54, 1.807) is 27.7 Å². The third-order valence-electron chi connectivity index (χ3n) is 1.99. The van der Waals surface area contributed by atoms with Gasteiger partial charge in [0.1, 0.15) is 11.6 Å². The lowest BCUT2D eigenvalue weighted by atomic mass is 10.2. The molecular formula is C12H22N2O4. The third kappa shape index (κ3) is 7.65. The van der Waals surface area contributed by atoms with Crippen LogP contribution in [0, 0.1) is 0 Å². The predicted octanol–water partition coefficient (Wildman–Crippen LogP) is 0.359. The summed E-state index contributed by atoms with van der Waals surface area (Å²) in [6.07, 6.45) is 0.0137. The largest absolute Gasteiger partial charge is 0.460 e. The van der Waals surface area contributed by atoms with Crippen LogP contribution in [0.2, 0.25) is 0 Å². The number of carbonyl (C=O) groups is 3. The van der Waals surface area contributed by atoms with E-state index in [0.717, 1.165) is 0 Å². The van der Waals surface area contributed by atoms with E-state index >= 15 is 0 Å². The lowest BCUT2D eigenvalue weighted by molar-refractivity contribution is -0.155. The summed E-state index contributed by atoms with van der Waals surface area (Å²) in [5.74, 6) is -1.05. The van der Waals surface area contributed by atoms with Crippen LogP contribution < -0.4 is 10.6 Å². The van der Waals surface area contributed by atoms with E-state index in [0.29, 0.717) is 0 Å². The summed E-state index contributed by atoms with van der Waals surface area (Å²) in [4.78, 5) is 34.0. The fraction of sp³-hybridized carbons (Fsp3) is 0.750. The number of rotatable bonds is 5. The van der Waals surface area contributed by atoms with Crippen molar-refractivity contribution in [1.29, 1.82) is 0 Å². The summed E-state index contributed by atoms with van der Waals surface area (Å²) in [6, 6.07) is -0.610. The van der Waals surface area contributed by atoms with Crippen molar-refractivity contribution < 1.29 is 19.1 Å². The summed E-state index contributed by atoms with van der Waals surface area (Å²) in [6.45, 7) is 6.86. The molecule has 1 unspecified atom stereocenters. The second kappa shape index (κ2) is 6.98. The highest BCUT2D eigenvalue weighted by molar-refractivity contribution is 5.88. The van der Waals surface area contributed by atoms with Gasteiger partial charge in [0, 0.05) is 13.5 Å². The number of ether oxygens (including phenoxy) is 1. The highest BCUT2D eigenvalue weighted by atomic mass is 16.6. The van der Waals surface area contributed by atoms with Crippen LogP contribution in [-0.4, -0.2) is 36.5 Å². The normalized spacial score (nSPS) is 12.5. The second-order valence-corrected chi connectivity index (χ2v) is 4.99. The first-order valence-corrected chi connectivity index (χ1v) is 5.88. The van der Waals surface area contributed by atoms with Gasteiger partial charge >= 0.3 is 5.97 Å². The van der Waals surface area contributed by atoms with Crippen molar-refractivity contribution in [2.24, 2.45) is 0 Å². The maximum Gasteiger partial charge on any atom is 0.306 e. The molecule has 104 valence electrons. The van der Waals surface area contributed by atoms with Crippen LogP contribution >= 0.6 is 0 Å². The molecule has 0 aliphatic carbocycles. The van der Waals surface area contributed by atoms with Gasteiger partial charge in [-0.05, 0) is 27.7 Å². The van der Waals surface area contributed by atoms with E-state index in [1.165, 1.54) is 7.05 Å². The monoisotopic (exact) mass is 258 g/mol. The minimum atomic E-state index is -0.610. The fourth-order valence-electron chi connectivity index (χ4n) is 1.20. The number of carbonyl (C=O) groups excluding carboxylic acids is 3. The zero-order valence-corrected chi connectivity index (χ0v) is 11.6. The molecule has 0 aromatic carbocycles. The zero-order chi connectivity index (χ0) is 14.3. The molecule has 0 bridgehead atoms. The fourth-order valence-corrected chi connectivity index (χ4v) is 1.20. The molecule has 2 N–H and O–H groups in total. The van der Waals surface area contributed by atoms with E-state index in [-0.39, 0.29) is 24.7 Å². The number of esters is 1. The molecule has 1 atom stereocenters. The Morgan fingerprint density at radius 2 is 1.72 bits per heavy atom. The quantitative estimate of drug-likeness (QED) is 0.697. The lowest BCUT2D eigenvalue weighted by Crippen LogP contribution is -2.43. The second-order valence-electron chi connectivity index (χ2n) is 4.99. The van der Waals surface area contributed by atoms with Gasteiger partial charge in [0.05, 0.1) is 6.42 Å². The topological polar surface area (TPSA) is 84.5 Å². The Balaban J connectivity index is 3.98. The third-order valence-corrected chi connectivity index (χ3v) is 1.99. The molecule has 0 saturated heterocycles. The van der Waals surface area contributed by atoms with Crippen molar-refractivity contribution in [2.45, 2.75) is 52.2 Å². The van der Waals surface area contributed by atoms with Crippen molar-refractivity contribution in [1.82, 2.24) is 10.6 Å². The standard InChI is InChI=1S/C12H22N2O4/c1-8(11(17)13-5)14-9(15)6-7-10(16)18-12(2,3)4/h8H,6-7H2,1-5H3,(H,13,17)(H,14,15). The van der Waals surface area contributed by atoms with Gasteiger partial charge in [0.15, 0.2) is 0 Å². The van der Waals surface area contributed by atoms with Gasteiger partial charge in [-0.1, -0.05) is 0 Å². The van der Waals surface area contributed by atoms with E-state index in [1.807, 2.05) is 0 Å². The molecule has 0 saturated carbocycles. The summed E-state index contributed by atoms with van der Waals surface area (Å²) in [7, 11) is 1.49. The van der Waals surface area contributed by atoms with E-state index < -0.39 is 17.6 Å². The number of hydrogen-bond donors (Lipinski definition) is 2. The molecule has 0 aliphatic rings. The lowest BCUT2D eigenvalue weighted by Gasteiger charge is -2.19. The minimum absolute atomic E-state index is 0.00354. The van der Waals surface area contributed by atoms with Crippen LogP contribution in [0.4, 0.5) is 0 Å². The minimum Gasteiger partial charge on any atom is -0.460 e. The average molecular weight is 258 g/mol. The molecule has 18 heavy (non-hydrogen) atoms. The van der Waals surface area contributed by atoms with Gasteiger partial charge < -0.3 is 15.4 Å². The summed E-state index contributed by atoms with van der Waals surface area (Å²) < 4.78 is 5.06. The van der Waals surface area contributed by atoms with Crippen molar-refractivity contribution in [3.8, 4) is 0 Å². The Bertz CT molecular complexity index is 321. The Morgan fingerprint density at radius 1 is 1.17 bits per heavy atom. The maximum atomic E-state index is 11.4. The van der Waals surface area contributed by atoms with Crippen LogP contribution in [-0.2, 0) is 19.1 Å². The summed E-state index contributed by atoms with van der Waals surface area (Å²) >= 11 is 0. The van der Waals surface area contributed by atoms with E-state index in [4.69, 9.17) is 4.74 Å². The van der Waals surface area contributed by atoms with Crippen molar-refractivity contribution >= 4 is 17.8 Å². The van der Waals surface area contributed by atoms with E-state index in [9.17, 15) is 14.4 Å². The highest BCUT2D eigenvalue weighted by Crippen LogP contribution is 2.09. The van der Waals surface area contributed by atoms with Gasteiger partial charge in [-0.15, -0.1) is 0 Å². The molecule has 0 aliphatic heterocycles. The van der Waals surface area contributed by atoms with Gasteiger partial charge in [-0.25, -0.2) is 0 Å². The van der Waals surface area contributed by atoms with Crippen molar-refractivity contribution in [2.75, 3.05) is 7.05 Å². The molecule has 2 amide bonds. The van der Waals surface area contributed by atoms with Crippen molar-refractivity contribution in [3.63, 3.8) is 0 Å². The van der Waals surface area contributed by atoms with Crippen LogP contribution in [0.5, 0.6) is 0 Å². The van der Waals surface area contributed by atoms with Crippen molar-refractivity contribution in [3.05, 3.63) is 0 Å². The first kappa shape index (κ1) is 16.4. The SMILES string of the molecule is CNC(=O)C(C)NC(=O)CCC(=O)OC(C)(C)C. The molecule has 0 spiro atoms. The van der Waals surface area contributed by atoms with Crippen LogP contribution in [0.25, 0.3) is 0 Å². The number of hydrogen-bond acceptors (Lipinski definition) is 4. The Labute approximate surface area is 107 Å². The van der Waals surface area contributed by atoms with Crippen LogP contribution in [0.1, 0.15) is 40.5 Å². The molecule has 0 fully saturated rings. The number of amides is 2. The van der Waals surface area contributed by atoms with Gasteiger partial charge in [0.25, 0.3) is 0 Å². The molecule has 0 rings (SSSR count). The molecule has 0 aromatic rings. The smallest absolute Gasteiger partial charge is 0.306 e. The first-order chi connectivity index (χ1) is 8.15. The summed E-state index contributed by atoms with van der Waals surface area (Å²) in [5, 5.41) is 4.91. The predicted molar refractivity (Wildman–Crippen MR) is 66.8 cm³/mol. The zero-order valence-electron chi connectivity index (χ0n) is 11.6. The molecule has 0 aromatic heterocycles. The Kier molecular flexibility index (Phi) is 6.36. The molecule has 6 nitrogen and oxygen atoms in total. The molecular weight excluding hydrogens is 236 g/mol. The Morgan fingerprint density at radius 3 is 2.17 bits per heavy atom. The molecule has 6 heteroatoms. The van der Waals surface area contributed by atoms with E-state index in [2.05, 4.69) is 10.6 Å². The van der Waals surface area contributed by atoms with Gasteiger partial charge in [-0.2, -0.15) is 0 Å². The highest BCUT2D eigenvalue weighted by Gasteiger charge is 2.18. The van der Waals surface area contributed by atoms with Gasteiger partial charge in [0.2, 0.25) is 11.8 Å². The number of likely N-dealkylation sites (N-methyl/N-ethyl adjacent to an activating group) is 1.